The lowest BCUT2D eigenvalue weighted by Crippen LogP contribution is -2.35. The van der Waals surface area contributed by atoms with Crippen LogP contribution in [0.25, 0.3) is 0 Å². The Bertz CT molecular complexity index is 438. The van der Waals surface area contributed by atoms with E-state index < -0.39 is 0 Å². The summed E-state index contributed by atoms with van der Waals surface area (Å²) in [5, 5.41) is 0.997. The van der Waals surface area contributed by atoms with Crippen LogP contribution in [0, 0.1) is 0 Å². The fourth-order valence-corrected chi connectivity index (χ4v) is 3.34. The van der Waals surface area contributed by atoms with E-state index in [0.717, 1.165) is 50.0 Å². The summed E-state index contributed by atoms with van der Waals surface area (Å²) in [5.41, 5.74) is 0.803. The summed E-state index contributed by atoms with van der Waals surface area (Å²) in [6, 6.07) is 7.92. The molecule has 1 heterocycles. The van der Waals surface area contributed by atoms with Gasteiger partial charge in [-0.1, -0.05) is 15.9 Å². The zero-order valence-corrected chi connectivity index (χ0v) is 14.3. The van der Waals surface area contributed by atoms with Crippen molar-refractivity contribution in [2.24, 2.45) is 0 Å². The zero-order chi connectivity index (χ0) is 14.4. The number of halogens is 1. The summed E-state index contributed by atoms with van der Waals surface area (Å²) in [5.74, 6) is 0.165. The molecule has 1 aliphatic heterocycles. The van der Waals surface area contributed by atoms with Crippen molar-refractivity contribution < 1.29 is 4.79 Å². The molecule has 3 nitrogen and oxygen atoms in total. The molecule has 0 atom stereocenters. The first kappa shape index (κ1) is 15.9. The Labute approximate surface area is 133 Å². The first-order chi connectivity index (χ1) is 9.74. The first-order valence-corrected chi connectivity index (χ1v) is 9.31. The maximum absolute atomic E-state index is 12.5. The van der Waals surface area contributed by atoms with Gasteiger partial charge in [0.2, 0.25) is 0 Å². The van der Waals surface area contributed by atoms with E-state index in [1.807, 2.05) is 35.4 Å². The molecule has 0 aliphatic carbocycles. The van der Waals surface area contributed by atoms with Gasteiger partial charge < -0.3 is 9.80 Å². The Balaban J connectivity index is 1.97. The molecule has 20 heavy (non-hydrogen) atoms. The Morgan fingerprint density at radius 1 is 1.20 bits per heavy atom. The van der Waals surface area contributed by atoms with Gasteiger partial charge in [0.25, 0.3) is 5.91 Å². The van der Waals surface area contributed by atoms with E-state index in [9.17, 15) is 4.79 Å². The van der Waals surface area contributed by atoms with Crippen LogP contribution in [-0.2, 0) is 0 Å². The predicted octanol–water partition coefficient (Wildman–Crippen LogP) is 2.95. The molecule has 0 radical (unpaired) electrons. The molecule has 1 aliphatic rings. The van der Waals surface area contributed by atoms with Crippen LogP contribution >= 0.6 is 27.7 Å². The highest BCUT2D eigenvalue weighted by molar-refractivity contribution is 9.09. The second kappa shape index (κ2) is 8.05. The van der Waals surface area contributed by atoms with Crippen LogP contribution < -0.4 is 0 Å². The number of nitrogens with zero attached hydrogens (tertiary/aromatic N) is 2. The Morgan fingerprint density at radius 3 is 2.60 bits per heavy atom. The minimum Gasteiger partial charge on any atom is -0.337 e. The summed E-state index contributed by atoms with van der Waals surface area (Å²) in [6.07, 6.45) is 3.10. The van der Waals surface area contributed by atoms with Crippen LogP contribution in [0.1, 0.15) is 16.8 Å². The van der Waals surface area contributed by atoms with Crippen molar-refractivity contribution in [3.63, 3.8) is 0 Å². The lowest BCUT2D eigenvalue weighted by atomic mass is 10.2. The molecular formula is C15H21BrN2OS. The highest BCUT2D eigenvalue weighted by Crippen LogP contribution is 2.16. The largest absolute Gasteiger partial charge is 0.337 e. The molecular weight excluding hydrogens is 336 g/mol. The number of carbonyl (C=O) groups excluding carboxylic acids is 1. The number of alkyl halides is 1. The quantitative estimate of drug-likeness (QED) is 0.612. The number of hydrogen-bond acceptors (Lipinski definition) is 3. The van der Waals surface area contributed by atoms with Crippen LogP contribution in [0.4, 0.5) is 0 Å². The molecule has 2 rings (SSSR count). The molecule has 0 N–H and O–H groups in total. The predicted molar refractivity (Wildman–Crippen MR) is 89.0 cm³/mol. The maximum atomic E-state index is 12.5. The van der Waals surface area contributed by atoms with Gasteiger partial charge in [0, 0.05) is 42.0 Å². The maximum Gasteiger partial charge on any atom is 0.253 e. The summed E-state index contributed by atoms with van der Waals surface area (Å²) in [6.45, 7) is 4.81. The van der Waals surface area contributed by atoms with Gasteiger partial charge in [0.1, 0.15) is 0 Å². The third-order valence-corrected chi connectivity index (χ3v) is 4.71. The van der Waals surface area contributed by atoms with Gasteiger partial charge in [-0.25, -0.2) is 0 Å². The van der Waals surface area contributed by atoms with E-state index in [2.05, 4.69) is 20.8 Å². The average molecular weight is 357 g/mol. The number of benzene rings is 1. The second-order valence-corrected chi connectivity index (χ2v) is 6.58. The molecule has 0 aromatic heterocycles. The number of thioether (sulfide) groups is 1. The average Bonchev–Trinajstić information content (AvgIpc) is 2.73. The van der Waals surface area contributed by atoms with Crippen molar-refractivity contribution in [1.29, 1.82) is 0 Å². The third-order valence-electron chi connectivity index (χ3n) is 3.61. The van der Waals surface area contributed by atoms with Crippen molar-refractivity contribution in [2.45, 2.75) is 11.3 Å². The molecule has 1 aromatic rings. The topological polar surface area (TPSA) is 23.6 Å². The van der Waals surface area contributed by atoms with Gasteiger partial charge in [0.05, 0.1) is 0 Å². The second-order valence-electron chi connectivity index (χ2n) is 4.90. The van der Waals surface area contributed by atoms with Gasteiger partial charge in [-0.05, 0) is 43.5 Å². The third kappa shape index (κ3) is 4.24. The Morgan fingerprint density at radius 2 is 1.95 bits per heavy atom. The van der Waals surface area contributed by atoms with Crippen LogP contribution in [0.3, 0.4) is 0 Å². The zero-order valence-electron chi connectivity index (χ0n) is 11.8. The van der Waals surface area contributed by atoms with E-state index >= 15 is 0 Å². The molecule has 5 heteroatoms. The van der Waals surface area contributed by atoms with Crippen molar-refractivity contribution in [1.82, 2.24) is 9.80 Å². The van der Waals surface area contributed by atoms with E-state index in [-0.39, 0.29) is 5.91 Å². The van der Waals surface area contributed by atoms with Crippen molar-refractivity contribution >= 4 is 33.6 Å². The highest BCUT2D eigenvalue weighted by atomic mass is 79.9. The molecule has 110 valence electrons. The summed E-state index contributed by atoms with van der Waals surface area (Å²) in [7, 11) is 0. The van der Waals surface area contributed by atoms with E-state index in [4.69, 9.17) is 0 Å². The highest BCUT2D eigenvalue weighted by Gasteiger charge is 2.19. The molecule has 1 saturated heterocycles. The molecule has 1 fully saturated rings. The minimum absolute atomic E-state index is 0.165. The van der Waals surface area contributed by atoms with Crippen LogP contribution in [0.2, 0.25) is 0 Å². The van der Waals surface area contributed by atoms with Gasteiger partial charge >= 0.3 is 0 Å². The fourth-order valence-electron chi connectivity index (χ4n) is 2.43. The molecule has 0 bridgehead atoms. The van der Waals surface area contributed by atoms with E-state index in [1.165, 1.54) is 4.90 Å². The number of rotatable bonds is 4. The normalized spacial score (nSPS) is 17.0. The smallest absolute Gasteiger partial charge is 0.253 e. The Hall–Kier alpha value is -0.520. The summed E-state index contributed by atoms with van der Waals surface area (Å²) in [4.78, 5) is 18.1. The standard InChI is InChI=1S/C15H21BrN2OS/c1-20-14-5-3-13(4-6-14)15(19)18-9-2-8-17(10-7-16)11-12-18/h3-6H,2,7-12H2,1H3. The molecule has 1 amide bonds. The lowest BCUT2D eigenvalue weighted by Gasteiger charge is -2.21. The number of amides is 1. The lowest BCUT2D eigenvalue weighted by molar-refractivity contribution is 0.0762. The molecule has 0 saturated carbocycles. The van der Waals surface area contributed by atoms with Crippen LogP contribution in [-0.4, -0.2) is 60.0 Å². The molecule has 0 unspecified atom stereocenters. The summed E-state index contributed by atoms with van der Waals surface area (Å²) >= 11 is 5.18. The van der Waals surface area contributed by atoms with Crippen LogP contribution in [0.15, 0.2) is 29.2 Å². The first-order valence-electron chi connectivity index (χ1n) is 6.96. The Kier molecular flexibility index (Phi) is 6.39. The molecule has 0 spiro atoms. The minimum atomic E-state index is 0.165. The number of carbonyl (C=O) groups is 1. The number of hydrogen-bond donors (Lipinski definition) is 0. The van der Waals surface area contributed by atoms with Crippen molar-refractivity contribution in [2.75, 3.05) is 44.3 Å². The SMILES string of the molecule is CSc1ccc(C(=O)N2CCCN(CCBr)CC2)cc1. The van der Waals surface area contributed by atoms with Crippen molar-refractivity contribution in [3.05, 3.63) is 29.8 Å². The van der Waals surface area contributed by atoms with Gasteiger partial charge in [-0.2, -0.15) is 0 Å². The van der Waals surface area contributed by atoms with Crippen molar-refractivity contribution in [3.8, 4) is 0 Å². The summed E-state index contributed by atoms with van der Waals surface area (Å²) < 4.78 is 0. The van der Waals surface area contributed by atoms with Gasteiger partial charge in [0.15, 0.2) is 0 Å². The van der Waals surface area contributed by atoms with E-state index in [1.54, 1.807) is 11.8 Å². The monoisotopic (exact) mass is 356 g/mol. The van der Waals surface area contributed by atoms with E-state index in [0.29, 0.717) is 0 Å². The van der Waals surface area contributed by atoms with Gasteiger partial charge in [-0.3, -0.25) is 4.79 Å². The van der Waals surface area contributed by atoms with Crippen LogP contribution in [0.5, 0.6) is 0 Å². The molecule has 1 aromatic carbocycles. The fraction of sp³-hybridized carbons (Fsp3) is 0.533. The van der Waals surface area contributed by atoms with Gasteiger partial charge in [-0.15, -0.1) is 11.8 Å².